The molecule has 3 aliphatic rings. The molecule has 7 nitrogen and oxygen atoms in total. The molecule has 33 heavy (non-hydrogen) atoms. The number of fused-ring (bicyclic) bond motifs is 3. The standard InChI is InChI=1S/C26H24N2O5/c29-24-21-7-3-4-8-22(21)25(30)28(24)14-18(26(31)32)13-23(27-33)16-9-10-20-17(12-16)11-15-5-1-2-6-19(15)20/h3-4,7-10,12,18,33H,1-2,5-6,11,13-14H2,(H,31,32)/t18-/m0/s1. The minimum absolute atomic E-state index is 0.106. The van der Waals surface area contributed by atoms with Crippen LogP contribution in [0, 0.1) is 5.92 Å². The molecule has 2 aromatic rings. The predicted octanol–water partition coefficient (Wildman–Crippen LogP) is 4.14. The van der Waals surface area contributed by atoms with Crippen molar-refractivity contribution < 1.29 is 24.7 Å². The fraction of sp³-hybridized carbons (Fsp3) is 0.308. The van der Waals surface area contributed by atoms with Crippen LogP contribution in [0.4, 0.5) is 0 Å². The summed E-state index contributed by atoms with van der Waals surface area (Å²) in [7, 11) is 0. The molecule has 0 fully saturated rings. The van der Waals surface area contributed by atoms with Gasteiger partial charge in [-0.1, -0.05) is 35.0 Å². The monoisotopic (exact) mass is 444 g/mol. The van der Waals surface area contributed by atoms with Gasteiger partial charge in [0.25, 0.3) is 11.8 Å². The Morgan fingerprint density at radius 2 is 1.70 bits per heavy atom. The number of carboxylic acids is 1. The van der Waals surface area contributed by atoms with E-state index in [0.717, 1.165) is 24.2 Å². The van der Waals surface area contributed by atoms with E-state index in [-0.39, 0.29) is 29.8 Å². The normalized spacial score (nSPS) is 18.3. The zero-order valence-electron chi connectivity index (χ0n) is 18.1. The topological polar surface area (TPSA) is 107 Å². The van der Waals surface area contributed by atoms with Crippen LogP contribution in [0.15, 0.2) is 53.2 Å². The van der Waals surface area contributed by atoms with E-state index in [0.29, 0.717) is 5.56 Å². The number of hydrogen-bond donors (Lipinski definition) is 2. The first-order chi connectivity index (χ1) is 16.0. The van der Waals surface area contributed by atoms with Gasteiger partial charge in [0.05, 0.1) is 22.8 Å². The molecule has 0 spiro atoms. The van der Waals surface area contributed by atoms with Gasteiger partial charge in [-0.05, 0) is 72.6 Å². The average molecular weight is 444 g/mol. The Balaban J connectivity index is 1.35. The molecule has 0 saturated carbocycles. The Morgan fingerprint density at radius 3 is 2.36 bits per heavy atom. The maximum Gasteiger partial charge on any atom is 0.308 e. The molecule has 0 aromatic heterocycles. The molecule has 2 N–H and O–H groups in total. The zero-order valence-corrected chi connectivity index (χ0v) is 18.1. The summed E-state index contributed by atoms with van der Waals surface area (Å²) in [6, 6.07) is 12.3. The summed E-state index contributed by atoms with van der Waals surface area (Å²) in [5.41, 5.74) is 6.76. The number of allylic oxidation sites excluding steroid dienone is 2. The summed E-state index contributed by atoms with van der Waals surface area (Å²) in [6.07, 6.45) is 5.38. The molecular formula is C26H24N2O5. The van der Waals surface area contributed by atoms with E-state index in [1.165, 1.54) is 35.1 Å². The van der Waals surface area contributed by atoms with Crippen molar-refractivity contribution in [2.75, 3.05) is 6.54 Å². The number of carboxylic acid groups (broad SMARTS) is 1. The van der Waals surface area contributed by atoms with Crippen LogP contribution in [0.3, 0.4) is 0 Å². The summed E-state index contributed by atoms with van der Waals surface area (Å²) >= 11 is 0. The Morgan fingerprint density at radius 1 is 1.00 bits per heavy atom. The predicted molar refractivity (Wildman–Crippen MR) is 121 cm³/mol. The van der Waals surface area contributed by atoms with Crippen molar-refractivity contribution in [3.8, 4) is 0 Å². The number of imide groups is 1. The first kappa shape index (κ1) is 21.1. The first-order valence-electron chi connectivity index (χ1n) is 11.2. The van der Waals surface area contributed by atoms with Crippen LogP contribution in [-0.4, -0.2) is 45.3 Å². The van der Waals surface area contributed by atoms with E-state index >= 15 is 0 Å². The molecule has 5 rings (SSSR count). The van der Waals surface area contributed by atoms with E-state index in [4.69, 9.17) is 0 Å². The Kier molecular flexibility index (Phi) is 5.32. The molecule has 2 amide bonds. The molecule has 0 radical (unpaired) electrons. The maximum absolute atomic E-state index is 12.7. The van der Waals surface area contributed by atoms with Crippen molar-refractivity contribution in [1.82, 2.24) is 4.90 Å². The van der Waals surface area contributed by atoms with Gasteiger partial charge < -0.3 is 10.3 Å². The van der Waals surface area contributed by atoms with Gasteiger partial charge in [0, 0.05) is 13.0 Å². The van der Waals surface area contributed by atoms with Gasteiger partial charge in [-0.3, -0.25) is 19.3 Å². The van der Waals surface area contributed by atoms with Gasteiger partial charge in [-0.25, -0.2) is 0 Å². The summed E-state index contributed by atoms with van der Waals surface area (Å²) in [5.74, 6) is -3.26. The number of rotatable bonds is 6. The number of amides is 2. The third-order valence-corrected chi connectivity index (χ3v) is 6.94. The number of carbonyl (C=O) groups excluding carboxylic acids is 2. The molecule has 0 bridgehead atoms. The Labute approximate surface area is 191 Å². The highest BCUT2D eigenvalue weighted by atomic mass is 16.4. The van der Waals surface area contributed by atoms with Crippen LogP contribution >= 0.6 is 0 Å². The third-order valence-electron chi connectivity index (χ3n) is 6.94. The zero-order chi connectivity index (χ0) is 23.1. The first-order valence-corrected chi connectivity index (χ1v) is 11.2. The van der Waals surface area contributed by atoms with Crippen LogP contribution in [0.2, 0.25) is 0 Å². The molecule has 1 atom stereocenters. The number of nitrogens with zero attached hydrogens (tertiary/aromatic N) is 2. The van der Waals surface area contributed by atoms with E-state index < -0.39 is 23.7 Å². The van der Waals surface area contributed by atoms with Gasteiger partial charge in [-0.2, -0.15) is 0 Å². The van der Waals surface area contributed by atoms with Crippen LogP contribution in [0.25, 0.3) is 5.57 Å². The molecule has 2 aromatic carbocycles. The lowest BCUT2D eigenvalue weighted by molar-refractivity contribution is -0.141. The van der Waals surface area contributed by atoms with E-state index in [9.17, 15) is 24.7 Å². The van der Waals surface area contributed by atoms with Crippen molar-refractivity contribution in [1.29, 1.82) is 0 Å². The fourth-order valence-electron chi connectivity index (χ4n) is 5.24. The molecule has 0 saturated heterocycles. The van der Waals surface area contributed by atoms with Gasteiger partial charge >= 0.3 is 5.97 Å². The molecule has 7 heteroatoms. The van der Waals surface area contributed by atoms with Gasteiger partial charge in [0.1, 0.15) is 0 Å². The van der Waals surface area contributed by atoms with Gasteiger partial charge in [0.15, 0.2) is 0 Å². The molecule has 1 heterocycles. The molecule has 0 unspecified atom stereocenters. The Hall–Kier alpha value is -3.74. The second kappa shape index (κ2) is 8.31. The van der Waals surface area contributed by atoms with Crippen LogP contribution < -0.4 is 0 Å². The summed E-state index contributed by atoms with van der Waals surface area (Å²) in [5, 5.41) is 22.9. The number of hydrogen-bond acceptors (Lipinski definition) is 5. The number of aliphatic carboxylic acids is 1. The Bertz CT molecular complexity index is 1210. The summed E-state index contributed by atoms with van der Waals surface area (Å²) in [6.45, 7) is -0.290. The van der Waals surface area contributed by atoms with Crippen molar-refractivity contribution in [3.05, 3.63) is 75.9 Å². The van der Waals surface area contributed by atoms with E-state index in [1.54, 1.807) is 24.3 Å². The number of carbonyl (C=O) groups is 3. The number of benzene rings is 2. The van der Waals surface area contributed by atoms with E-state index in [2.05, 4.69) is 5.16 Å². The lowest BCUT2D eigenvalue weighted by atomic mass is 9.91. The fourth-order valence-corrected chi connectivity index (χ4v) is 5.24. The minimum Gasteiger partial charge on any atom is -0.481 e. The highest BCUT2D eigenvalue weighted by Gasteiger charge is 2.38. The van der Waals surface area contributed by atoms with Crippen LogP contribution in [0.5, 0.6) is 0 Å². The third kappa shape index (κ3) is 3.63. The summed E-state index contributed by atoms with van der Waals surface area (Å²) < 4.78 is 0. The molecule has 2 aliphatic carbocycles. The SMILES string of the molecule is O=C(O)[C@@H](CC(=NO)c1ccc2c(c1)CC1=C2CCCC1)CN1C(=O)c2ccccc2C1=O. The smallest absolute Gasteiger partial charge is 0.308 e. The van der Waals surface area contributed by atoms with Crippen LogP contribution in [-0.2, 0) is 11.2 Å². The average Bonchev–Trinajstić information content (AvgIpc) is 3.31. The van der Waals surface area contributed by atoms with E-state index in [1.807, 2.05) is 18.2 Å². The van der Waals surface area contributed by atoms with Gasteiger partial charge in [-0.15, -0.1) is 0 Å². The summed E-state index contributed by atoms with van der Waals surface area (Å²) in [4.78, 5) is 38.3. The molecular weight excluding hydrogens is 420 g/mol. The second-order valence-electron chi connectivity index (χ2n) is 8.89. The lowest BCUT2D eigenvalue weighted by Crippen LogP contribution is -2.38. The molecule has 168 valence electrons. The lowest BCUT2D eigenvalue weighted by Gasteiger charge is -2.20. The van der Waals surface area contributed by atoms with Crippen molar-refractivity contribution >= 4 is 29.1 Å². The highest BCUT2D eigenvalue weighted by molar-refractivity contribution is 6.21. The minimum atomic E-state index is -1.16. The maximum atomic E-state index is 12.7. The van der Waals surface area contributed by atoms with Crippen molar-refractivity contribution in [3.63, 3.8) is 0 Å². The highest BCUT2D eigenvalue weighted by Crippen LogP contribution is 2.41. The number of oxime groups is 1. The van der Waals surface area contributed by atoms with Crippen LogP contribution in [0.1, 0.15) is 69.5 Å². The van der Waals surface area contributed by atoms with Crippen molar-refractivity contribution in [2.45, 2.75) is 38.5 Å². The largest absolute Gasteiger partial charge is 0.481 e. The quantitative estimate of drug-likeness (QED) is 0.301. The molecule has 1 aliphatic heterocycles. The van der Waals surface area contributed by atoms with Gasteiger partial charge in [0.2, 0.25) is 0 Å². The van der Waals surface area contributed by atoms with Crippen molar-refractivity contribution in [2.24, 2.45) is 11.1 Å². The second-order valence-corrected chi connectivity index (χ2v) is 8.89.